The molecule has 0 bridgehead atoms. The van der Waals surface area contributed by atoms with Crippen LogP contribution in [-0.4, -0.2) is 10.1 Å². The molecule has 2 heteroatoms. The van der Waals surface area contributed by atoms with Crippen molar-refractivity contribution < 1.29 is 5.11 Å². The molecule has 2 aliphatic carbocycles. The Labute approximate surface area is 89.3 Å². The molecule has 0 saturated heterocycles. The van der Waals surface area contributed by atoms with Crippen LogP contribution < -0.4 is 0 Å². The van der Waals surface area contributed by atoms with Crippen LogP contribution in [-0.2, 0) is 12.8 Å². The minimum absolute atomic E-state index is 0.437. The lowest BCUT2D eigenvalue weighted by atomic mass is 9.92. The van der Waals surface area contributed by atoms with Crippen LogP contribution in [0.1, 0.15) is 41.5 Å². The summed E-state index contributed by atoms with van der Waals surface area (Å²) in [5.74, 6) is 0. The number of aliphatic hydroxyl groups is 1. The Kier molecular flexibility index (Phi) is 2.03. The molecular weight excluding hydrogens is 186 g/mol. The van der Waals surface area contributed by atoms with Crippen molar-refractivity contribution in [3.05, 3.63) is 40.7 Å². The van der Waals surface area contributed by atoms with E-state index in [1.54, 1.807) is 0 Å². The second kappa shape index (κ2) is 3.38. The second-order valence-electron chi connectivity index (χ2n) is 4.31. The molecule has 0 aliphatic heterocycles. The lowest BCUT2D eigenvalue weighted by molar-refractivity contribution is 0.227. The number of H-pyrrole nitrogens is 1. The van der Waals surface area contributed by atoms with Gasteiger partial charge in [0.15, 0.2) is 0 Å². The van der Waals surface area contributed by atoms with Gasteiger partial charge in [0, 0.05) is 17.0 Å². The molecule has 0 aromatic carbocycles. The Morgan fingerprint density at radius 1 is 1.20 bits per heavy atom. The van der Waals surface area contributed by atoms with Crippen molar-refractivity contribution in [1.29, 1.82) is 0 Å². The largest absolute Gasteiger partial charge is 0.384 e. The number of fused-ring (bicyclic) bond motifs is 3. The molecule has 2 aliphatic rings. The van der Waals surface area contributed by atoms with Crippen molar-refractivity contribution in [2.24, 2.45) is 0 Å². The molecule has 1 atom stereocenters. The first-order valence-electron chi connectivity index (χ1n) is 5.63. The first kappa shape index (κ1) is 8.98. The van der Waals surface area contributed by atoms with E-state index in [2.05, 4.69) is 11.1 Å². The average molecular weight is 201 g/mol. The third kappa shape index (κ3) is 1.37. The maximum atomic E-state index is 10.0. The first-order chi connectivity index (χ1) is 7.36. The van der Waals surface area contributed by atoms with Gasteiger partial charge in [-0.2, -0.15) is 0 Å². The van der Waals surface area contributed by atoms with Crippen LogP contribution in [0.15, 0.2) is 18.2 Å². The van der Waals surface area contributed by atoms with Crippen LogP contribution in [0.2, 0.25) is 0 Å². The van der Waals surface area contributed by atoms with Crippen LogP contribution in [0.4, 0.5) is 0 Å². The molecule has 3 rings (SSSR count). The van der Waals surface area contributed by atoms with Gasteiger partial charge in [-0.25, -0.2) is 0 Å². The summed E-state index contributed by atoms with van der Waals surface area (Å²) in [4.78, 5) is 3.44. The van der Waals surface area contributed by atoms with Gasteiger partial charge >= 0.3 is 0 Å². The monoisotopic (exact) mass is 201 g/mol. The van der Waals surface area contributed by atoms with E-state index in [0.717, 1.165) is 24.1 Å². The molecule has 1 heterocycles. The third-order valence-corrected chi connectivity index (χ3v) is 3.33. The average Bonchev–Trinajstić information content (AvgIpc) is 2.53. The molecule has 0 saturated carbocycles. The summed E-state index contributed by atoms with van der Waals surface area (Å²) in [5, 5.41) is 10.0. The Balaban J connectivity index is 2.18. The Bertz CT molecular complexity index is 440. The quantitative estimate of drug-likeness (QED) is 0.664. The van der Waals surface area contributed by atoms with Crippen molar-refractivity contribution >= 4 is 6.08 Å². The Hall–Kier alpha value is -1.28. The number of aromatic amines is 1. The molecule has 2 nitrogen and oxygen atoms in total. The van der Waals surface area contributed by atoms with E-state index >= 15 is 0 Å². The molecule has 1 unspecified atom stereocenters. The zero-order valence-corrected chi connectivity index (χ0v) is 8.66. The van der Waals surface area contributed by atoms with Gasteiger partial charge in [-0.1, -0.05) is 18.2 Å². The third-order valence-electron chi connectivity index (χ3n) is 3.33. The smallest absolute Gasteiger partial charge is 0.0998 e. The number of nitrogens with one attached hydrogen (secondary N) is 1. The van der Waals surface area contributed by atoms with Crippen LogP contribution in [0.25, 0.3) is 6.08 Å². The molecular formula is C13H15NO. The van der Waals surface area contributed by atoms with Crippen molar-refractivity contribution in [3.8, 4) is 0 Å². The van der Waals surface area contributed by atoms with Gasteiger partial charge < -0.3 is 10.1 Å². The first-order valence-corrected chi connectivity index (χ1v) is 5.63. The molecule has 0 amide bonds. The standard InChI is InChI=1S/C13H15NO/c15-12-8-4-3-7-11-13(12)9-5-1-2-6-10(9)14-11/h3-4,7-8,12,14-15H,1-2,5-6H2. The summed E-state index contributed by atoms with van der Waals surface area (Å²) in [6, 6.07) is 0. The fraction of sp³-hybridized carbons (Fsp3) is 0.385. The molecule has 78 valence electrons. The van der Waals surface area contributed by atoms with Crippen LogP contribution in [0.5, 0.6) is 0 Å². The maximum Gasteiger partial charge on any atom is 0.0998 e. The van der Waals surface area contributed by atoms with Crippen LogP contribution in [0, 0.1) is 0 Å². The predicted octanol–water partition coefficient (Wildman–Crippen LogP) is 2.51. The number of aryl methyl sites for hydroxylation is 1. The number of aliphatic hydroxyl groups excluding tert-OH is 1. The molecule has 2 N–H and O–H groups in total. The van der Waals surface area contributed by atoms with Gasteiger partial charge in [0.2, 0.25) is 0 Å². The van der Waals surface area contributed by atoms with E-state index < -0.39 is 6.10 Å². The Morgan fingerprint density at radius 2 is 2.07 bits per heavy atom. The molecule has 0 radical (unpaired) electrons. The van der Waals surface area contributed by atoms with Gasteiger partial charge in [0.1, 0.15) is 0 Å². The zero-order chi connectivity index (χ0) is 10.3. The van der Waals surface area contributed by atoms with E-state index in [1.165, 1.54) is 24.1 Å². The second-order valence-corrected chi connectivity index (χ2v) is 4.31. The predicted molar refractivity (Wildman–Crippen MR) is 60.6 cm³/mol. The highest BCUT2D eigenvalue weighted by Crippen LogP contribution is 2.33. The van der Waals surface area contributed by atoms with E-state index in [9.17, 15) is 5.11 Å². The van der Waals surface area contributed by atoms with Gasteiger partial charge in [-0.3, -0.25) is 0 Å². The fourth-order valence-corrected chi connectivity index (χ4v) is 2.62. The van der Waals surface area contributed by atoms with E-state index in [4.69, 9.17) is 0 Å². The fourth-order valence-electron chi connectivity index (χ4n) is 2.62. The molecule has 0 spiro atoms. The van der Waals surface area contributed by atoms with Crippen molar-refractivity contribution in [3.63, 3.8) is 0 Å². The number of aromatic nitrogens is 1. The van der Waals surface area contributed by atoms with Gasteiger partial charge in [0.25, 0.3) is 0 Å². The van der Waals surface area contributed by atoms with E-state index in [1.807, 2.05) is 18.2 Å². The van der Waals surface area contributed by atoms with Crippen molar-refractivity contribution in [2.75, 3.05) is 0 Å². The number of hydrogen-bond donors (Lipinski definition) is 2. The summed E-state index contributed by atoms with van der Waals surface area (Å²) in [6.45, 7) is 0. The van der Waals surface area contributed by atoms with E-state index in [-0.39, 0.29) is 0 Å². The highest BCUT2D eigenvalue weighted by molar-refractivity contribution is 5.59. The minimum atomic E-state index is -0.437. The summed E-state index contributed by atoms with van der Waals surface area (Å²) < 4.78 is 0. The molecule has 0 fully saturated rings. The van der Waals surface area contributed by atoms with Gasteiger partial charge in [-0.05, 0) is 37.3 Å². The van der Waals surface area contributed by atoms with Gasteiger partial charge in [0.05, 0.1) is 6.10 Å². The normalized spacial score (nSPS) is 23.4. The summed E-state index contributed by atoms with van der Waals surface area (Å²) >= 11 is 0. The topological polar surface area (TPSA) is 36.0 Å². The van der Waals surface area contributed by atoms with Crippen molar-refractivity contribution in [2.45, 2.75) is 31.8 Å². The number of rotatable bonds is 0. The van der Waals surface area contributed by atoms with E-state index in [0.29, 0.717) is 0 Å². The molecule has 1 aromatic heterocycles. The lowest BCUT2D eigenvalue weighted by Gasteiger charge is -2.14. The summed E-state index contributed by atoms with van der Waals surface area (Å²) in [6.07, 6.45) is 12.1. The van der Waals surface area contributed by atoms with Crippen molar-refractivity contribution in [1.82, 2.24) is 4.98 Å². The van der Waals surface area contributed by atoms with Crippen LogP contribution in [0.3, 0.4) is 0 Å². The SMILES string of the molecule is OC1C=CC=Cc2[nH]c3c(c21)CCCC3. The number of hydrogen-bond acceptors (Lipinski definition) is 1. The highest BCUT2D eigenvalue weighted by atomic mass is 16.3. The Morgan fingerprint density at radius 3 is 3.00 bits per heavy atom. The zero-order valence-electron chi connectivity index (χ0n) is 8.66. The minimum Gasteiger partial charge on any atom is -0.384 e. The van der Waals surface area contributed by atoms with Gasteiger partial charge in [-0.15, -0.1) is 0 Å². The lowest BCUT2D eigenvalue weighted by Crippen LogP contribution is -2.04. The van der Waals surface area contributed by atoms with Crippen LogP contribution >= 0.6 is 0 Å². The molecule has 15 heavy (non-hydrogen) atoms. The highest BCUT2D eigenvalue weighted by Gasteiger charge is 2.22. The summed E-state index contributed by atoms with van der Waals surface area (Å²) in [5.41, 5.74) is 4.90. The maximum absolute atomic E-state index is 10.0. The molecule has 1 aromatic rings. The number of allylic oxidation sites excluding steroid dienone is 2. The summed E-state index contributed by atoms with van der Waals surface area (Å²) in [7, 11) is 0.